The number of hydrogen-bond acceptors (Lipinski definition) is 4. The Labute approximate surface area is 95.3 Å². The number of hydrogen-bond donors (Lipinski definition) is 2. The van der Waals surface area contributed by atoms with Gasteiger partial charge in [0.05, 0.1) is 6.54 Å². The highest BCUT2D eigenvalue weighted by Crippen LogP contribution is 2.07. The van der Waals surface area contributed by atoms with E-state index in [1.165, 1.54) is 0 Å². The van der Waals surface area contributed by atoms with Crippen molar-refractivity contribution in [3.05, 3.63) is 0 Å². The van der Waals surface area contributed by atoms with Crippen LogP contribution < -0.4 is 10.6 Å². The zero-order chi connectivity index (χ0) is 11.3. The van der Waals surface area contributed by atoms with Crippen LogP contribution in [0.15, 0.2) is 4.99 Å². The highest BCUT2D eigenvalue weighted by Gasteiger charge is 2.13. The van der Waals surface area contributed by atoms with Crippen LogP contribution in [0.1, 0.15) is 27.2 Å². The van der Waals surface area contributed by atoms with Gasteiger partial charge in [0.15, 0.2) is 5.17 Å². The first kappa shape index (κ1) is 12.4. The molecule has 0 unspecified atom stereocenters. The van der Waals surface area contributed by atoms with E-state index in [0.29, 0.717) is 6.42 Å². The van der Waals surface area contributed by atoms with E-state index in [4.69, 9.17) is 0 Å². The molecule has 0 saturated heterocycles. The van der Waals surface area contributed by atoms with E-state index in [2.05, 4.69) is 15.6 Å². The molecule has 0 bridgehead atoms. The molecule has 0 fully saturated rings. The zero-order valence-corrected chi connectivity index (χ0v) is 10.4. The average Bonchev–Trinajstić information content (AvgIpc) is 2.53. The van der Waals surface area contributed by atoms with Gasteiger partial charge in [-0.1, -0.05) is 11.8 Å². The summed E-state index contributed by atoms with van der Waals surface area (Å²) < 4.78 is 0. The number of nitrogens with zero attached hydrogens (tertiary/aromatic N) is 1. The summed E-state index contributed by atoms with van der Waals surface area (Å²) in [5, 5.41) is 7.06. The van der Waals surface area contributed by atoms with Crippen molar-refractivity contribution >= 4 is 22.8 Å². The van der Waals surface area contributed by atoms with E-state index in [-0.39, 0.29) is 11.4 Å². The highest BCUT2D eigenvalue weighted by molar-refractivity contribution is 8.13. The second kappa shape index (κ2) is 5.39. The zero-order valence-electron chi connectivity index (χ0n) is 9.59. The van der Waals surface area contributed by atoms with E-state index in [0.717, 1.165) is 24.0 Å². The summed E-state index contributed by atoms with van der Waals surface area (Å²) in [7, 11) is 0. The quantitative estimate of drug-likeness (QED) is 0.758. The number of carbonyl (C=O) groups excluding carboxylic acids is 1. The van der Waals surface area contributed by atoms with Gasteiger partial charge in [-0.2, -0.15) is 0 Å². The highest BCUT2D eigenvalue weighted by atomic mass is 32.2. The summed E-state index contributed by atoms with van der Waals surface area (Å²) in [4.78, 5) is 15.7. The van der Waals surface area contributed by atoms with Gasteiger partial charge in [-0.25, -0.2) is 0 Å². The molecule has 1 heterocycles. The fraction of sp³-hybridized carbons (Fsp3) is 0.800. The molecule has 0 spiro atoms. The van der Waals surface area contributed by atoms with Gasteiger partial charge in [0.25, 0.3) is 0 Å². The first-order chi connectivity index (χ1) is 6.97. The molecular formula is C10H19N3OS. The normalized spacial score (nSPS) is 15.8. The number of amidine groups is 1. The van der Waals surface area contributed by atoms with Gasteiger partial charge >= 0.3 is 0 Å². The lowest BCUT2D eigenvalue weighted by molar-refractivity contribution is -0.122. The van der Waals surface area contributed by atoms with Crippen molar-refractivity contribution in [2.45, 2.75) is 32.7 Å². The van der Waals surface area contributed by atoms with Crippen LogP contribution in [0.3, 0.4) is 0 Å². The van der Waals surface area contributed by atoms with Crippen LogP contribution in [0.2, 0.25) is 0 Å². The van der Waals surface area contributed by atoms with Crippen LogP contribution in [0.5, 0.6) is 0 Å². The van der Waals surface area contributed by atoms with Crippen molar-refractivity contribution in [2.75, 3.05) is 18.8 Å². The summed E-state index contributed by atoms with van der Waals surface area (Å²) >= 11 is 1.62. The van der Waals surface area contributed by atoms with Crippen LogP contribution in [-0.2, 0) is 4.79 Å². The maximum atomic E-state index is 11.4. The van der Waals surface area contributed by atoms with Gasteiger partial charge in [0.1, 0.15) is 0 Å². The lowest BCUT2D eigenvalue weighted by Gasteiger charge is -2.20. The maximum absolute atomic E-state index is 11.4. The first-order valence-corrected chi connectivity index (χ1v) is 6.18. The van der Waals surface area contributed by atoms with E-state index in [9.17, 15) is 4.79 Å². The summed E-state index contributed by atoms with van der Waals surface area (Å²) in [6, 6.07) is 0. The molecule has 0 atom stereocenters. The van der Waals surface area contributed by atoms with Crippen molar-refractivity contribution in [2.24, 2.45) is 4.99 Å². The number of amides is 1. The predicted molar refractivity (Wildman–Crippen MR) is 65.3 cm³/mol. The van der Waals surface area contributed by atoms with E-state index in [1.807, 2.05) is 20.8 Å². The molecule has 0 radical (unpaired) electrons. The summed E-state index contributed by atoms with van der Waals surface area (Å²) in [6.45, 7) is 7.75. The maximum Gasteiger partial charge on any atom is 0.221 e. The minimum Gasteiger partial charge on any atom is -0.363 e. The Kier molecular flexibility index (Phi) is 4.45. The molecule has 0 aromatic heterocycles. The Morgan fingerprint density at radius 2 is 2.33 bits per heavy atom. The third kappa shape index (κ3) is 5.67. The van der Waals surface area contributed by atoms with E-state index in [1.54, 1.807) is 11.8 Å². The van der Waals surface area contributed by atoms with Crippen molar-refractivity contribution < 1.29 is 4.79 Å². The molecule has 15 heavy (non-hydrogen) atoms. The van der Waals surface area contributed by atoms with Gasteiger partial charge in [-0.15, -0.1) is 0 Å². The Hall–Kier alpha value is -0.710. The summed E-state index contributed by atoms with van der Waals surface area (Å²) in [5.41, 5.74) is -0.134. The molecule has 1 rings (SSSR count). The van der Waals surface area contributed by atoms with Gasteiger partial charge in [0.2, 0.25) is 5.91 Å². The Morgan fingerprint density at radius 1 is 1.60 bits per heavy atom. The van der Waals surface area contributed by atoms with Crippen molar-refractivity contribution in [3.63, 3.8) is 0 Å². The SMILES string of the molecule is CC(C)(C)NC(=O)CCSC1=NCCN1. The second-order valence-corrected chi connectivity index (χ2v) is 5.59. The number of rotatable bonds is 3. The molecule has 0 aliphatic carbocycles. The smallest absolute Gasteiger partial charge is 0.221 e. The van der Waals surface area contributed by atoms with Crippen LogP contribution in [0.4, 0.5) is 0 Å². The largest absolute Gasteiger partial charge is 0.363 e. The molecule has 0 saturated carbocycles. The van der Waals surface area contributed by atoms with Crippen LogP contribution in [0, 0.1) is 0 Å². The molecule has 2 N–H and O–H groups in total. The van der Waals surface area contributed by atoms with Gasteiger partial charge in [0, 0.05) is 24.3 Å². The van der Waals surface area contributed by atoms with E-state index >= 15 is 0 Å². The molecular weight excluding hydrogens is 210 g/mol. The average molecular weight is 229 g/mol. The van der Waals surface area contributed by atoms with Crippen molar-refractivity contribution in [1.29, 1.82) is 0 Å². The fourth-order valence-electron chi connectivity index (χ4n) is 1.19. The van der Waals surface area contributed by atoms with Crippen LogP contribution in [0.25, 0.3) is 0 Å². The molecule has 0 aromatic carbocycles. The molecule has 1 aliphatic rings. The Morgan fingerprint density at radius 3 is 2.87 bits per heavy atom. The van der Waals surface area contributed by atoms with E-state index < -0.39 is 0 Å². The fourth-order valence-corrected chi connectivity index (χ4v) is 2.06. The van der Waals surface area contributed by atoms with Crippen molar-refractivity contribution in [1.82, 2.24) is 10.6 Å². The predicted octanol–water partition coefficient (Wildman–Crippen LogP) is 0.984. The molecule has 1 aliphatic heterocycles. The standard InChI is InChI=1S/C10H19N3OS/c1-10(2,3)13-8(14)4-7-15-9-11-5-6-12-9/h4-7H2,1-3H3,(H,11,12)(H,13,14). The Bertz CT molecular complexity index is 258. The number of thioether (sulfide) groups is 1. The lowest BCUT2D eigenvalue weighted by Crippen LogP contribution is -2.40. The third-order valence-electron chi connectivity index (χ3n) is 1.73. The topological polar surface area (TPSA) is 53.5 Å². The molecule has 1 amide bonds. The molecule has 5 heteroatoms. The second-order valence-electron chi connectivity index (χ2n) is 4.51. The third-order valence-corrected chi connectivity index (χ3v) is 2.68. The number of nitrogens with one attached hydrogen (secondary N) is 2. The summed E-state index contributed by atoms with van der Waals surface area (Å²) in [5.74, 6) is 0.891. The Balaban J connectivity index is 2.12. The number of carbonyl (C=O) groups is 1. The molecule has 86 valence electrons. The molecule has 0 aromatic rings. The van der Waals surface area contributed by atoms with Crippen LogP contribution >= 0.6 is 11.8 Å². The van der Waals surface area contributed by atoms with Crippen molar-refractivity contribution in [3.8, 4) is 0 Å². The number of aliphatic imine (C=N–C) groups is 1. The van der Waals surface area contributed by atoms with Crippen LogP contribution in [-0.4, -0.2) is 35.5 Å². The van der Waals surface area contributed by atoms with Gasteiger partial charge in [-0.05, 0) is 20.8 Å². The molecule has 4 nitrogen and oxygen atoms in total. The minimum atomic E-state index is -0.134. The first-order valence-electron chi connectivity index (χ1n) is 5.19. The monoisotopic (exact) mass is 229 g/mol. The minimum absolute atomic E-state index is 0.105. The summed E-state index contributed by atoms with van der Waals surface area (Å²) in [6.07, 6.45) is 0.544. The van der Waals surface area contributed by atoms with Gasteiger partial charge in [-0.3, -0.25) is 9.79 Å². The van der Waals surface area contributed by atoms with Gasteiger partial charge < -0.3 is 10.6 Å². The lowest BCUT2D eigenvalue weighted by atomic mass is 10.1.